The van der Waals surface area contributed by atoms with E-state index < -0.39 is 11.2 Å². The first-order chi connectivity index (χ1) is 7.97. The minimum Gasteiger partial charge on any atom is -0.324 e. The first-order valence-electron chi connectivity index (χ1n) is 4.73. The Kier molecular flexibility index (Phi) is 2.76. The van der Waals surface area contributed by atoms with Crippen molar-refractivity contribution in [3.8, 4) is 0 Å². The second-order valence-corrected chi connectivity index (χ2v) is 4.15. The second-order valence-electron chi connectivity index (χ2n) is 3.58. The highest BCUT2D eigenvalue weighted by atomic mass is 32.2. The van der Waals surface area contributed by atoms with Gasteiger partial charge in [-0.2, -0.15) is 0 Å². The standard InChI is InChI=1S/C9H10N4O3S/c1-4-7(17-16)11-6-5(10-4)8(14)13(3)9(15)12(6)2/h16H,1-3H3. The van der Waals surface area contributed by atoms with Crippen LogP contribution in [-0.4, -0.2) is 23.7 Å². The third kappa shape index (κ3) is 1.65. The highest BCUT2D eigenvalue weighted by Crippen LogP contribution is 2.16. The molecular weight excluding hydrogens is 244 g/mol. The summed E-state index contributed by atoms with van der Waals surface area (Å²) in [6.45, 7) is 1.63. The van der Waals surface area contributed by atoms with Crippen molar-refractivity contribution in [3.63, 3.8) is 0 Å². The molecule has 0 amide bonds. The van der Waals surface area contributed by atoms with Crippen LogP contribution in [0.25, 0.3) is 11.2 Å². The predicted octanol–water partition coefficient (Wildman–Crippen LogP) is -0.0993. The molecule has 1 N–H and O–H groups in total. The highest BCUT2D eigenvalue weighted by Gasteiger charge is 2.13. The van der Waals surface area contributed by atoms with Crippen LogP contribution in [0.5, 0.6) is 0 Å². The van der Waals surface area contributed by atoms with Gasteiger partial charge in [0.05, 0.1) is 5.69 Å². The molecule has 2 aromatic heterocycles. The lowest BCUT2D eigenvalue weighted by molar-refractivity contribution is 0.656. The van der Waals surface area contributed by atoms with E-state index >= 15 is 0 Å². The predicted molar refractivity (Wildman–Crippen MR) is 63.2 cm³/mol. The van der Waals surface area contributed by atoms with Crippen molar-refractivity contribution in [2.24, 2.45) is 14.1 Å². The quantitative estimate of drug-likeness (QED) is 0.715. The minimum absolute atomic E-state index is 0.116. The molecule has 2 rings (SSSR count). The average molecular weight is 254 g/mol. The van der Waals surface area contributed by atoms with E-state index in [1.54, 1.807) is 6.92 Å². The lowest BCUT2D eigenvalue weighted by Gasteiger charge is -2.07. The molecule has 0 saturated heterocycles. The Morgan fingerprint density at radius 2 is 1.82 bits per heavy atom. The molecule has 2 heterocycles. The Hall–Kier alpha value is -1.67. The van der Waals surface area contributed by atoms with E-state index in [1.807, 2.05) is 0 Å². The van der Waals surface area contributed by atoms with Gasteiger partial charge < -0.3 is 4.55 Å². The summed E-state index contributed by atoms with van der Waals surface area (Å²) in [6, 6.07) is 0. The maximum Gasteiger partial charge on any atom is 0.332 e. The van der Waals surface area contributed by atoms with E-state index in [-0.39, 0.29) is 16.2 Å². The Bertz CT molecular complexity index is 719. The van der Waals surface area contributed by atoms with E-state index in [0.29, 0.717) is 17.7 Å². The summed E-state index contributed by atoms with van der Waals surface area (Å²) >= 11 is 0.437. The molecule has 0 aliphatic carbocycles. The molecule has 0 radical (unpaired) electrons. The van der Waals surface area contributed by atoms with Crippen molar-refractivity contribution in [1.82, 2.24) is 19.1 Å². The van der Waals surface area contributed by atoms with Crippen LogP contribution in [0.1, 0.15) is 5.69 Å². The third-order valence-corrected chi connectivity index (χ3v) is 3.05. The van der Waals surface area contributed by atoms with E-state index in [4.69, 9.17) is 4.55 Å². The number of rotatable bonds is 1. The molecule has 17 heavy (non-hydrogen) atoms. The van der Waals surface area contributed by atoms with Crippen LogP contribution >= 0.6 is 12.0 Å². The molecule has 0 aliphatic heterocycles. The lowest BCUT2D eigenvalue weighted by Crippen LogP contribution is -2.37. The van der Waals surface area contributed by atoms with Crippen LogP contribution in [0.15, 0.2) is 14.6 Å². The Labute approximate surface area is 100.0 Å². The van der Waals surface area contributed by atoms with Gasteiger partial charge in [0, 0.05) is 26.1 Å². The van der Waals surface area contributed by atoms with Gasteiger partial charge in [-0.1, -0.05) is 0 Å². The second kappa shape index (κ2) is 3.97. The van der Waals surface area contributed by atoms with Crippen molar-refractivity contribution < 1.29 is 4.55 Å². The van der Waals surface area contributed by atoms with Crippen molar-refractivity contribution in [2.75, 3.05) is 0 Å². The number of hydrogen-bond acceptors (Lipinski definition) is 6. The number of hydrogen-bond donors (Lipinski definition) is 1. The topological polar surface area (TPSA) is 90.0 Å². The Morgan fingerprint density at radius 3 is 2.41 bits per heavy atom. The van der Waals surface area contributed by atoms with E-state index in [9.17, 15) is 9.59 Å². The van der Waals surface area contributed by atoms with Gasteiger partial charge in [0.2, 0.25) is 0 Å². The Morgan fingerprint density at radius 1 is 1.18 bits per heavy atom. The summed E-state index contributed by atoms with van der Waals surface area (Å²) in [5.74, 6) is 0. The first kappa shape index (κ1) is 11.8. The van der Waals surface area contributed by atoms with Crippen LogP contribution in [0.4, 0.5) is 0 Å². The monoisotopic (exact) mass is 254 g/mol. The molecule has 8 heteroatoms. The molecule has 2 aromatic rings. The zero-order chi connectivity index (χ0) is 12.7. The molecule has 90 valence electrons. The van der Waals surface area contributed by atoms with Crippen LogP contribution in [-0.2, 0) is 14.1 Å². The fraction of sp³-hybridized carbons (Fsp3) is 0.333. The molecule has 0 aromatic carbocycles. The van der Waals surface area contributed by atoms with Crippen molar-refractivity contribution >= 4 is 23.2 Å². The fourth-order valence-corrected chi connectivity index (χ4v) is 1.83. The Balaban J connectivity index is 3.07. The normalized spacial score (nSPS) is 11.1. The van der Waals surface area contributed by atoms with Gasteiger partial charge in [0.1, 0.15) is 5.03 Å². The number of fused-ring (bicyclic) bond motifs is 1. The fourth-order valence-electron chi connectivity index (χ4n) is 1.52. The van der Waals surface area contributed by atoms with E-state index in [1.165, 1.54) is 18.7 Å². The zero-order valence-corrected chi connectivity index (χ0v) is 10.3. The molecule has 0 atom stereocenters. The minimum atomic E-state index is -0.492. The number of aromatic nitrogens is 4. The SMILES string of the molecule is Cc1nc2c(=O)n(C)c(=O)n(C)c2nc1SO. The van der Waals surface area contributed by atoms with Gasteiger partial charge in [-0.05, 0) is 6.92 Å². The van der Waals surface area contributed by atoms with Crippen LogP contribution < -0.4 is 11.2 Å². The summed E-state index contributed by atoms with van der Waals surface area (Å²) in [5, 5.41) is 0.278. The van der Waals surface area contributed by atoms with Crippen LogP contribution in [0, 0.1) is 6.92 Å². The van der Waals surface area contributed by atoms with E-state index in [2.05, 4.69) is 9.97 Å². The van der Waals surface area contributed by atoms with Gasteiger partial charge in [0.25, 0.3) is 5.56 Å². The average Bonchev–Trinajstić information content (AvgIpc) is 2.33. The summed E-state index contributed by atoms with van der Waals surface area (Å²) in [5.41, 5.74) is -0.242. The molecule has 0 saturated carbocycles. The van der Waals surface area contributed by atoms with Crippen LogP contribution in [0.3, 0.4) is 0 Å². The van der Waals surface area contributed by atoms with Gasteiger partial charge in [-0.25, -0.2) is 14.8 Å². The van der Waals surface area contributed by atoms with Crippen molar-refractivity contribution in [3.05, 3.63) is 26.5 Å². The molecule has 0 spiro atoms. The summed E-state index contributed by atoms with van der Waals surface area (Å²) < 4.78 is 11.2. The molecule has 0 bridgehead atoms. The molecule has 0 fully saturated rings. The van der Waals surface area contributed by atoms with E-state index in [0.717, 1.165) is 4.57 Å². The van der Waals surface area contributed by atoms with Crippen LogP contribution in [0.2, 0.25) is 0 Å². The highest BCUT2D eigenvalue weighted by molar-refractivity contribution is 7.93. The number of aryl methyl sites for hydroxylation is 2. The number of nitrogens with zero attached hydrogens (tertiary/aromatic N) is 4. The molecule has 7 nitrogen and oxygen atoms in total. The summed E-state index contributed by atoms with van der Waals surface area (Å²) in [7, 11) is 2.88. The maximum atomic E-state index is 11.8. The summed E-state index contributed by atoms with van der Waals surface area (Å²) in [6.07, 6.45) is 0. The lowest BCUT2D eigenvalue weighted by atomic mass is 10.4. The first-order valence-corrected chi connectivity index (χ1v) is 5.50. The largest absolute Gasteiger partial charge is 0.332 e. The smallest absolute Gasteiger partial charge is 0.324 e. The summed E-state index contributed by atoms with van der Waals surface area (Å²) in [4.78, 5) is 31.6. The molecule has 0 unspecified atom stereocenters. The van der Waals surface area contributed by atoms with Gasteiger partial charge >= 0.3 is 5.69 Å². The molecular formula is C9H10N4O3S. The van der Waals surface area contributed by atoms with Crippen molar-refractivity contribution in [1.29, 1.82) is 0 Å². The maximum absolute atomic E-state index is 11.8. The zero-order valence-electron chi connectivity index (χ0n) is 9.46. The van der Waals surface area contributed by atoms with Gasteiger partial charge in [-0.15, -0.1) is 0 Å². The van der Waals surface area contributed by atoms with Gasteiger partial charge in [-0.3, -0.25) is 13.9 Å². The van der Waals surface area contributed by atoms with Crippen molar-refractivity contribution in [2.45, 2.75) is 11.9 Å². The molecule has 0 aliphatic rings. The third-order valence-electron chi connectivity index (χ3n) is 2.49. The van der Waals surface area contributed by atoms with Gasteiger partial charge in [0.15, 0.2) is 11.2 Å².